The predicted octanol–water partition coefficient (Wildman–Crippen LogP) is 4.23. The van der Waals surface area contributed by atoms with Crippen molar-refractivity contribution in [2.24, 2.45) is 0 Å². The standard InChI is InChI=1S/C20H26N2/c1-4-10-18(11-5-1)16-21-20(14-8-3-9-15-20)22-17-19-12-6-2-7-13-19/h1-2,4-7,10-13,21-22H,3,8-9,14-17H2. The van der Waals surface area contributed by atoms with E-state index in [1.807, 2.05) is 0 Å². The van der Waals surface area contributed by atoms with Crippen LogP contribution in [-0.4, -0.2) is 5.66 Å². The van der Waals surface area contributed by atoms with E-state index in [-0.39, 0.29) is 5.66 Å². The summed E-state index contributed by atoms with van der Waals surface area (Å²) in [4.78, 5) is 0. The molecule has 0 atom stereocenters. The molecule has 2 aromatic carbocycles. The van der Waals surface area contributed by atoms with Crippen molar-refractivity contribution in [2.75, 3.05) is 0 Å². The number of hydrogen-bond acceptors (Lipinski definition) is 2. The maximum Gasteiger partial charge on any atom is 0.0692 e. The van der Waals surface area contributed by atoms with E-state index in [9.17, 15) is 0 Å². The van der Waals surface area contributed by atoms with Crippen molar-refractivity contribution in [1.29, 1.82) is 0 Å². The van der Waals surface area contributed by atoms with Gasteiger partial charge in [-0.2, -0.15) is 0 Å². The maximum absolute atomic E-state index is 3.81. The molecule has 0 aliphatic heterocycles. The quantitative estimate of drug-likeness (QED) is 0.779. The average molecular weight is 294 g/mol. The Morgan fingerprint density at radius 1 is 0.636 bits per heavy atom. The minimum Gasteiger partial charge on any atom is -0.295 e. The molecule has 1 saturated carbocycles. The maximum atomic E-state index is 3.81. The fourth-order valence-corrected chi connectivity index (χ4v) is 3.31. The van der Waals surface area contributed by atoms with Gasteiger partial charge in [0, 0.05) is 13.1 Å². The fraction of sp³-hybridized carbons (Fsp3) is 0.400. The van der Waals surface area contributed by atoms with E-state index in [0.29, 0.717) is 0 Å². The Morgan fingerprint density at radius 3 is 1.55 bits per heavy atom. The molecule has 0 saturated heterocycles. The van der Waals surface area contributed by atoms with Crippen LogP contribution >= 0.6 is 0 Å². The Hall–Kier alpha value is -1.64. The number of benzene rings is 2. The van der Waals surface area contributed by atoms with E-state index in [4.69, 9.17) is 0 Å². The van der Waals surface area contributed by atoms with E-state index in [2.05, 4.69) is 71.3 Å². The summed E-state index contributed by atoms with van der Waals surface area (Å²) < 4.78 is 0. The summed E-state index contributed by atoms with van der Waals surface area (Å²) in [6.45, 7) is 1.87. The largest absolute Gasteiger partial charge is 0.295 e. The topological polar surface area (TPSA) is 24.1 Å². The number of nitrogens with one attached hydrogen (secondary N) is 2. The second-order valence-corrected chi connectivity index (χ2v) is 6.32. The predicted molar refractivity (Wildman–Crippen MR) is 92.4 cm³/mol. The molecule has 1 aliphatic carbocycles. The Morgan fingerprint density at radius 2 is 1.09 bits per heavy atom. The summed E-state index contributed by atoms with van der Waals surface area (Å²) in [5, 5.41) is 7.62. The van der Waals surface area contributed by atoms with Crippen molar-refractivity contribution in [1.82, 2.24) is 10.6 Å². The molecule has 0 spiro atoms. The van der Waals surface area contributed by atoms with Crippen molar-refractivity contribution >= 4 is 0 Å². The first-order valence-corrected chi connectivity index (χ1v) is 8.44. The number of hydrogen-bond donors (Lipinski definition) is 2. The zero-order chi connectivity index (χ0) is 15.1. The lowest BCUT2D eigenvalue weighted by Gasteiger charge is -2.39. The van der Waals surface area contributed by atoms with Crippen molar-refractivity contribution in [3.8, 4) is 0 Å². The summed E-state index contributed by atoms with van der Waals surface area (Å²) in [5.41, 5.74) is 2.80. The molecule has 2 heteroatoms. The van der Waals surface area contributed by atoms with Crippen LogP contribution in [0.5, 0.6) is 0 Å². The van der Waals surface area contributed by atoms with Gasteiger partial charge in [0.2, 0.25) is 0 Å². The molecule has 0 aromatic heterocycles. The van der Waals surface area contributed by atoms with Crippen LogP contribution in [0.15, 0.2) is 60.7 Å². The minimum atomic E-state index is 0.0872. The zero-order valence-electron chi connectivity index (χ0n) is 13.2. The molecule has 2 N–H and O–H groups in total. The van der Waals surface area contributed by atoms with Crippen LogP contribution in [0.3, 0.4) is 0 Å². The summed E-state index contributed by atoms with van der Waals surface area (Å²) in [6.07, 6.45) is 6.41. The lowest BCUT2D eigenvalue weighted by Crippen LogP contribution is -2.57. The van der Waals surface area contributed by atoms with E-state index in [1.165, 1.54) is 43.2 Å². The minimum absolute atomic E-state index is 0.0872. The van der Waals surface area contributed by atoms with Crippen molar-refractivity contribution in [3.05, 3.63) is 71.8 Å². The summed E-state index contributed by atoms with van der Waals surface area (Å²) in [5.74, 6) is 0. The first-order chi connectivity index (χ1) is 10.9. The van der Waals surface area contributed by atoms with Crippen LogP contribution in [0, 0.1) is 0 Å². The normalized spacial score (nSPS) is 17.3. The molecule has 0 unspecified atom stereocenters. The molecule has 0 amide bonds. The third-order valence-corrected chi connectivity index (χ3v) is 4.65. The second-order valence-electron chi connectivity index (χ2n) is 6.32. The van der Waals surface area contributed by atoms with Crippen LogP contribution in [0.25, 0.3) is 0 Å². The number of rotatable bonds is 6. The summed E-state index contributed by atoms with van der Waals surface area (Å²) in [6, 6.07) is 21.4. The van der Waals surface area contributed by atoms with E-state index >= 15 is 0 Å². The molecule has 1 aliphatic rings. The van der Waals surface area contributed by atoms with Gasteiger partial charge in [-0.25, -0.2) is 0 Å². The molecule has 0 heterocycles. The zero-order valence-corrected chi connectivity index (χ0v) is 13.2. The van der Waals surface area contributed by atoms with Crippen molar-refractivity contribution in [2.45, 2.75) is 50.9 Å². The lowest BCUT2D eigenvalue weighted by atomic mass is 9.88. The van der Waals surface area contributed by atoms with Crippen LogP contribution in [0.1, 0.15) is 43.2 Å². The molecule has 0 radical (unpaired) electrons. The highest BCUT2D eigenvalue weighted by atomic mass is 15.2. The molecule has 3 rings (SSSR count). The third-order valence-electron chi connectivity index (χ3n) is 4.65. The Labute approximate surface area is 134 Å². The first kappa shape index (κ1) is 15.3. The molecule has 22 heavy (non-hydrogen) atoms. The van der Waals surface area contributed by atoms with Gasteiger partial charge < -0.3 is 0 Å². The Kier molecular flexibility index (Phi) is 5.25. The van der Waals surface area contributed by atoms with Gasteiger partial charge in [-0.15, -0.1) is 0 Å². The van der Waals surface area contributed by atoms with Gasteiger partial charge >= 0.3 is 0 Å². The van der Waals surface area contributed by atoms with Gasteiger partial charge in [0.25, 0.3) is 0 Å². The van der Waals surface area contributed by atoms with Gasteiger partial charge in [0.1, 0.15) is 0 Å². The van der Waals surface area contributed by atoms with Gasteiger partial charge in [0.15, 0.2) is 0 Å². The monoisotopic (exact) mass is 294 g/mol. The summed E-state index contributed by atoms with van der Waals surface area (Å²) >= 11 is 0. The molecule has 2 aromatic rings. The lowest BCUT2D eigenvalue weighted by molar-refractivity contribution is 0.176. The molecular weight excluding hydrogens is 268 g/mol. The third kappa shape index (κ3) is 4.19. The van der Waals surface area contributed by atoms with Gasteiger partial charge in [0.05, 0.1) is 5.66 Å². The fourth-order valence-electron chi connectivity index (χ4n) is 3.31. The summed E-state index contributed by atoms with van der Waals surface area (Å²) in [7, 11) is 0. The average Bonchev–Trinajstić information content (AvgIpc) is 2.61. The molecule has 0 bridgehead atoms. The molecular formula is C20H26N2. The molecule has 1 fully saturated rings. The van der Waals surface area contributed by atoms with Crippen LogP contribution in [-0.2, 0) is 13.1 Å². The molecule has 2 nitrogen and oxygen atoms in total. The highest BCUT2D eigenvalue weighted by Gasteiger charge is 2.30. The van der Waals surface area contributed by atoms with E-state index in [1.54, 1.807) is 0 Å². The van der Waals surface area contributed by atoms with E-state index in [0.717, 1.165) is 13.1 Å². The van der Waals surface area contributed by atoms with Gasteiger partial charge in [-0.3, -0.25) is 10.6 Å². The van der Waals surface area contributed by atoms with E-state index < -0.39 is 0 Å². The second kappa shape index (κ2) is 7.57. The smallest absolute Gasteiger partial charge is 0.0692 e. The van der Waals surface area contributed by atoms with Crippen LogP contribution < -0.4 is 10.6 Å². The highest BCUT2D eigenvalue weighted by Crippen LogP contribution is 2.26. The van der Waals surface area contributed by atoms with Gasteiger partial charge in [-0.05, 0) is 24.0 Å². The van der Waals surface area contributed by atoms with Crippen molar-refractivity contribution in [3.63, 3.8) is 0 Å². The SMILES string of the molecule is c1ccc(CNC2(NCc3ccccc3)CCCCC2)cc1. The highest BCUT2D eigenvalue weighted by molar-refractivity contribution is 5.16. The van der Waals surface area contributed by atoms with Crippen LogP contribution in [0.4, 0.5) is 0 Å². The van der Waals surface area contributed by atoms with Crippen molar-refractivity contribution < 1.29 is 0 Å². The van der Waals surface area contributed by atoms with Crippen LogP contribution in [0.2, 0.25) is 0 Å². The Balaban J connectivity index is 1.62. The molecule has 116 valence electrons. The first-order valence-electron chi connectivity index (χ1n) is 8.44. The Bertz CT molecular complexity index is 499. The van der Waals surface area contributed by atoms with Gasteiger partial charge in [-0.1, -0.05) is 79.9 Å².